The summed E-state index contributed by atoms with van der Waals surface area (Å²) in [7, 11) is 0. The number of H-pyrrole nitrogens is 1. The summed E-state index contributed by atoms with van der Waals surface area (Å²) in [6.07, 6.45) is -1.48. The normalized spacial score (nSPS) is 27.1. The lowest BCUT2D eigenvalue weighted by molar-refractivity contribution is -0.0705. The van der Waals surface area contributed by atoms with Crippen LogP contribution in [-0.2, 0) is 9.47 Å². The summed E-state index contributed by atoms with van der Waals surface area (Å²) in [6.45, 7) is 0.384. The predicted molar refractivity (Wildman–Crippen MR) is 83.0 cm³/mol. The van der Waals surface area contributed by atoms with E-state index in [2.05, 4.69) is 15.0 Å². The van der Waals surface area contributed by atoms with Gasteiger partial charge in [-0.1, -0.05) is 0 Å². The van der Waals surface area contributed by atoms with Crippen LogP contribution in [0.25, 0.3) is 11.2 Å². The number of nitrogen functional groups attached to an aromatic ring is 1. The molecule has 1 aliphatic heterocycles. The number of anilines is 1. The third-order valence-electron chi connectivity index (χ3n) is 3.88. The fourth-order valence-electron chi connectivity index (χ4n) is 2.71. The monoisotopic (exact) mass is 340 g/mol. The van der Waals surface area contributed by atoms with Gasteiger partial charge in [-0.25, -0.2) is 4.98 Å². The Kier molecular flexibility index (Phi) is 4.78. The van der Waals surface area contributed by atoms with Crippen LogP contribution in [0.5, 0.6) is 0 Å². The first-order chi connectivity index (χ1) is 11.6. The smallest absolute Gasteiger partial charge is 0.280 e. The van der Waals surface area contributed by atoms with Gasteiger partial charge in [0, 0.05) is 6.61 Å². The van der Waals surface area contributed by atoms with E-state index in [-0.39, 0.29) is 23.7 Å². The van der Waals surface area contributed by atoms with E-state index in [4.69, 9.17) is 20.9 Å². The van der Waals surface area contributed by atoms with Crippen LogP contribution in [0, 0.1) is 0 Å². The largest absolute Gasteiger partial charge is 0.394 e. The molecule has 1 saturated heterocycles. The van der Waals surface area contributed by atoms with Crippen LogP contribution in [0.1, 0.15) is 12.6 Å². The predicted octanol–water partition coefficient (Wildman–Crippen LogP) is -2.31. The van der Waals surface area contributed by atoms with Crippen LogP contribution in [0.3, 0.4) is 0 Å². The fourth-order valence-corrected chi connectivity index (χ4v) is 2.71. The molecule has 7 N–H and O–H groups in total. The maximum absolute atomic E-state index is 11.9. The van der Waals surface area contributed by atoms with Crippen molar-refractivity contribution in [3.05, 3.63) is 16.7 Å². The number of fused-ring (bicyclic) bond motifs is 1. The number of imidazole rings is 1. The van der Waals surface area contributed by atoms with Crippen LogP contribution in [0.2, 0.25) is 0 Å². The molecule has 1 aliphatic rings. The van der Waals surface area contributed by atoms with E-state index in [1.165, 1.54) is 10.9 Å². The van der Waals surface area contributed by atoms with Crippen molar-refractivity contribution < 1.29 is 19.7 Å². The standard InChI is InChI=1S/C13H20N6O5/c14-2-1-3-23-9-8(21)6(4-20)24-12(9)19-5-16-7-10(19)17-13(15)18-11(7)22/h5-6,8-9,12,20-21H,1-4,14H2,(H3,15,17,18,22)/t6-,8-,9-,12-/m1/s1. The van der Waals surface area contributed by atoms with E-state index in [9.17, 15) is 15.0 Å². The molecule has 0 spiro atoms. The van der Waals surface area contributed by atoms with Crippen molar-refractivity contribution in [1.82, 2.24) is 19.5 Å². The number of ether oxygens (including phenoxy) is 2. The molecule has 4 atom stereocenters. The van der Waals surface area contributed by atoms with Crippen molar-refractivity contribution in [2.45, 2.75) is 31.0 Å². The van der Waals surface area contributed by atoms with Crippen molar-refractivity contribution in [3.63, 3.8) is 0 Å². The number of rotatable bonds is 6. The Labute approximate surface area is 136 Å². The van der Waals surface area contributed by atoms with E-state index in [1.807, 2.05) is 0 Å². The molecule has 0 aliphatic carbocycles. The Bertz CT molecular complexity index is 761. The lowest BCUT2D eigenvalue weighted by atomic mass is 10.1. The summed E-state index contributed by atoms with van der Waals surface area (Å²) >= 11 is 0. The molecule has 11 heteroatoms. The van der Waals surface area contributed by atoms with Crippen molar-refractivity contribution in [2.75, 3.05) is 25.5 Å². The molecule has 2 aromatic rings. The van der Waals surface area contributed by atoms with E-state index in [0.717, 1.165) is 0 Å². The number of aliphatic hydroxyl groups is 2. The zero-order valence-electron chi connectivity index (χ0n) is 12.8. The minimum absolute atomic E-state index is 0.0629. The highest BCUT2D eigenvalue weighted by Gasteiger charge is 2.45. The molecule has 11 nitrogen and oxygen atoms in total. The number of aliphatic hydroxyl groups excluding tert-OH is 2. The van der Waals surface area contributed by atoms with Crippen LogP contribution in [0.4, 0.5) is 5.95 Å². The highest BCUT2D eigenvalue weighted by Crippen LogP contribution is 2.33. The molecule has 1 fully saturated rings. The lowest BCUT2D eigenvalue weighted by Crippen LogP contribution is -2.36. The zero-order valence-corrected chi connectivity index (χ0v) is 12.8. The van der Waals surface area contributed by atoms with Gasteiger partial charge in [-0.3, -0.25) is 14.3 Å². The maximum atomic E-state index is 11.9. The van der Waals surface area contributed by atoms with Crippen LogP contribution >= 0.6 is 0 Å². The molecular formula is C13H20N6O5. The first-order valence-electron chi connectivity index (χ1n) is 7.55. The van der Waals surface area contributed by atoms with Crippen molar-refractivity contribution >= 4 is 17.1 Å². The number of nitrogens with zero attached hydrogens (tertiary/aromatic N) is 3. The summed E-state index contributed by atoms with van der Waals surface area (Å²) in [4.78, 5) is 22.3. The molecule has 0 aromatic carbocycles. The zero-order chi connectivity index (χ0) is 17.3. The Morgan fingerprint density at radius 1 is 1.50 bits per heavy atom. The van der Waals surface area contributed by atoms with Gasteiger partial charge in [-0.15, -0.1) is 0 Å². The summed E-state index contributed by atoms with van der Waals surface area (Å²) in [6, 6.07) is 0. The molecule has 2 aromatic heterocycles. The minimum atomic E-state index is -1.05. The van der Waals surface area contributed by atoms with Crippen LogP contribution in [-0.4, -0.2) is 67.8 Å². The van der Waals surface area contributed by atoms with Gasteiger partial charge in [0.25, 0.3) is 5.56 Å². The first kappa shape index (κ1) is 16.8. The van der Waals surface area contributed by atoms with Gasteiger partial charge in [-0.2, -0.15) is 4.98 Å². The third kappa shape index (κ3) is 2.87. The highest BCUT2D eigenvalue weighted by atomic mass is 16.6. The number of nitrogens with two attached hydrogens (primary N) is 2. The van der Waals surface area contributed by atoms with Crippen molar-refractivity contribution in [2.24, 2.45) is 5.73 Å². The molecule has 0 unspecified atom stereocenters. The van der Waals surface area contributed by atoms with Crippen LogP contribution < -0.4 is 17.0 Å². The summed E-state index contributed by atoms with van der Waals surface area (Å²) in [5.41, 5.74) is 10.9. The molecular weight excluding hydrogens is 320 g/mol. The van der Waals surface area contributed by atoms with Gasteiger partial charge in [-0.05, 0) is 13.0 Å². The topological polar surface area (TPSA) is 175 Å². The van der Waals surface area contributed by atoms with Crippen molar-refractivity contribution in [3.8, 4) is 0 Å². The summed E-state index contributed by atoms with van der Waals surface area (Å²) in [5, 5.41) is 19.7. The van der Waals surface area contributed by atoms with Gasteiger partial charge in [0.15, 0.2) is 17.4 Å². The molecule has 3 rings (SSSR count). The SMILES string of the molecule is NCCCO[C@@H]1[C@H](O)[C@@H](CO)O[C@H]1n1cnc2c(=O)[nH]c(N)nc21. The number of aromatic nitrogens is 4. The average Bonchev–Trinajstić information content (AvgIpc) is 3.09. The number of aromatic amines is 1. The Morgan fingerprint density at radius 2 is 2.29 bits per heavy atom. The molecule has 0 amide bonds. The minimum Gasteiger partial charge on any atom is -0.394 e. The summed E-state index contributed by atoms with van der Waals surface area (Å²) < 4.78 is 12.8. The summed E-state index contributed by atoms with van der Waals surface area (Å²) in [5.74, 6) is -0.0629. The third-order valence-corrected chi connectivity index (χ3v) is 3.88. The second kappa shape index (κ2) is 6.83. The molecule has 3 heterocycles. The lowest BCUT2D eigenvalue weighted by Gasteiger charge is -2.22. The second-order valence-corrected chi connectivity index (χ2v) is 5.49. The Morgan fingerprint density at radius 3 is 3.00 bits per heavy atom. The van der Waals surface area contributed by atoms with Crippen LogP contribution in [0.15, 0.2) is 11.1 Å². The van der Waals surface area contributed by atoms with E-state index in [0.29, 0.717) is 19.6 Å². The number of nitrogens with one attached hydrogen (secondary N) is 1. The quantitative estimate of drug-likeness (QED) is 0.362. The Hall–Kier alpha value is -2.05. The van der Waals surface area contributed by atoms with Gasteiger partial charge in [0.05, 0.1) is 12.9 Å². The first-order valence-corrected chi connectivity index (χ1v) is 7.55. The van der Waals surface area contributed by atoms with E-state index in [1.54, 1.807) is 0 Å². The average molecular weight is 340 g/mol. The maximum Gasteiger partial charge on any atom is 0.280 e. The van der Waals surface area contributed by atoms with Gasteiger partial charge in [0.1, 0.15) is 18.3 Å². The molecule has 0 radical (unpaired) electrons. The number of hydrogen-bond donors (Lipinski definition) is 5. The van der Waals surface area contributed by atoms with E-state index < -0.39 is 30.1 Å². The van der Waals surface area contributed by atoms with Gasteiger partial charge >= 0.3 is 0 Å². The number of hydrogen-bond acceptors (Lipinski definition) is 9. The molecule has 24 heavy (non-hydrogen) atoms. The Balaban J connectivity index is 1.97. The highest BCUT2D eigenvalue weighted by molar-refractivity contribution is 5.70. The van der Waals surface area contributed by atoms with Crippen molar-refractivity contribution in [1.29, 1.82) is 0 Å². The fraction of sp³-hybridized carbons (Fsp3) is 0.615. The van der Waals surface area contributed by atoms with Gasteiger partial charge in [0.2, 0.25) is 5.95 Å². The van der Waals surface area contributed by atoms with E-state index >= 15 is 0 Å². The van der Waals surface area contributed by atoms with Gasteiger partial charge < -0.3 is 31.2 Å². The molecule has 0 bridgehead atoms. The molecule has 132 valence electrons. The molecule has 0 saturated carbocycles. The second-order valence-electron chi connectivity index (χ2n) is 5.49.